The first-order chi connectivity index (χ1) is 19.8. The molecule has 1 aliphatic heterocycles. The number of aryl methyl sites for hydroxylation is 1. The molecule has 2 aromatic rings. The molecule has 0 radical (unpaired) electrons. The molecule has 0 spiro atoms. The van der Waals surface area contributed by atoms with Crippen molar-refractivity contribution in [3.05, 3.63) is 65.2 Å². The largest absolute Gasteiger partial charge is 0.478 e. The molecule has 42 heavy (non-hydrogen) atoms. The molecule has 1 unspecified atom stereocenters. The van der Waals surface area contributed by atoms with Gasteiger partial charge in [0.05, 0.1) is 5.56 Å². The minimum absolute atomic E-state index is 0.00210. The number of carboxylic acids is 1. The van der Waals surface area contributed by atoms with Gasteiger partial charge in [-0.3, -0.25) is 9.59 Å². The van der Waals surface area contributed by atoms with Crippen LogP contribution in [0, 0.1) is 18.8 Å². The van der Waals surface area contributed by atoms with Gasteiger partial charge < -0.3 is 25.4 Å². The number of aromatic carboxylic acids is 1. The monoisotopic (exact) mass is 577 g/mol. The van der Waals surface area contributed by atoms with E-state index < -0.39 is 23.7 Å². The number of ether oxygens (including phenoxy) is 1. The zero-order chi connectivity index (χ0) is 30.6. The molecule has 1 heterocycles. The number of anilines is 1. The highest BCUT2D eigenvalue weighted by Crippen LogP contribution is 2.38. The second kappa shape index (κ2) is 13.0. The number of carboxylic acid groups (broad SMARTS) is 1. The molecular weight excluding hydrogens is 534 g/mol. The average molecular weight is 578 g/mol. The van der Waals surface area contributed by atoms with E-state index in [4.69, 9.17) is 4.74 Å². The van der Waals surface area contributed by atoms with Crippen molar-refractivity contribution in [2.45, 2.75) is 90.3 Å². The van der Waals surface area contributed by atoms with Gasteiger partial charge in [0.1, 0.15) is 11.6 Å². The number of amides is 3. The molecule has 2 fully saturated rings. The molecule has 4 rings (SSSR count). The van der Waals surface area contributed by atoms with Crippen molar-refractivity contribution in [3.8, 4) is 0 Å². The Labute approximate surface area is 248 Å². The zero-order valence-corrected chi connectivity index (χ0v) is 25.2. The summed E-state index contributed by atoms with van der Waals surface area (Å²) in [4.78, 5) is 53.1. The number of carbonyl (C=O) groups excluding carboxylic acids is 3. The molecule has 1 saturated heterocycles. The summed E-state index contributed by atoms with van der Waals surface area (Å²) in [7, 11) is 0. The van der Waals surface area contributed by atoms with Gasteiger partial charge in [-0.2, -0.15) is 0 Å². The van der Waals surface area contributed by atoms with Gasteiger partial charge in [-0.1, -0.05) is 30.3 Å². The van der Waals surface area contributed by atoms with E-state index in [9.17, 15) is 24.3 Å². The number of hydrogen-bond acceptors (Lipinski definition) is 5. The van der Waals surface area contributed by atoms with Crippen LogP contribution in [0.5, 0.6) is 0 Å². The van der Waals surface area contributed by atoms with Gasteiger partial charge in [-0.25, -0.2) is 9.59 Å². The summed E-state index contributed by atoms with van der Waals surface area (Å²) in [6.45, 7) is 9.72. The highest BCUT2D eigenvalue weighted by atomic mass is 16.6. The Hall–Kier alpha value is -3.88. The number of nitrogens with one attached hydrogen (secondary N) is 2. The number of carbonyl (C=O) groups is 4. The number of hydrogen-bond donors (Lipinski definition) is 3. The number of alkyl carbamates (subject to hydrolysis) is 1. The van der Waals surface area contributed by atoms with Crippen LogP contribution in [0.25, 0.3) is 0 Å². The second-order valence-corrected chi connectivity index (χ2v) is 12.7. The molecule has 9 heteroatoms. The number of benzene rings is 2. The summed E-state index contributed by atoms with van der Waals surface area (Å²) in [5.41, 5.74) is 1.77. The lowest BCUT2D eigenvalue weighted by molar-refractivity contribution is -0.141. The van der Waals surface area contributed by atoms with Gasteiger partial charge in [-0.05, 0) is 102 Å². The van der Waals surface area contributed by atoms with Gasteiger partial charge in [0.25, 0.3) is 0 Å². The first-order valence-electron chi connectivity index (χ1n) is 14.8. The minimum atomic E-state index is -1.03. The average Bonchev–Trinajstić information content (AvgIpc) is 3.38. The quantitative estimate of drug-likeness (QED) is 0.386. The van der Waals surface area contributed by atoms with Crippen molar-refractivity contribution in [3.63, 3.8) is 0 Å². The van der Waals surface area contributed by atoms with Crippen molar-refractivity contribution in [2.75, 3.05) is 11.9 Å². The number of likely N-dealkylation sites (tertiary alicyclic amines) is 1. The SMILES string of the molecule is Cc1cc(C(=O)O)ccc1NC(=O)[C@@H]1[C@H](c2ccccc2)CCN1C(=O)[C@H]1CC[C@H](C(C)NC(=O)OC(C)(C)C)CC1. The maximum Gasteiger partial charge on any atom is 0.407 e. The van der Waals surface area contributed by atoms with Crippen molar-refractivity contribution in [1.82, 2.24) is 10.2 Å². The first kappa shape index (κ1) is 31.1. The van der Waals surface area contributed by atoms with Gasteiger partial charge in [-0.15, -0.1) is 0 Å². The number of nitrogens with zero attached hydrogens (tertiary/aromatic N) is 1. The Morgan fingerprint density at radius 2 is 1.64 bits per heavy atom. The van der Waals surface area contributed by atoms with Gasteiger partial charge in [0, 0.05) is 30.1 Å². The van der Waals surface area contributed by atoms with Crippen molar-refractivity contribution in [2.24, 2.45) is 11.8 Å². The summed E-state index contributed by atoms with van der Waals surface area (Å²) in [5, 5.41) is 15.2. The van der Waals surface area contributed by atoms with E-state index in [1.165, 1.54) is 12.1 Å². The van der Waals surface area contributed by atoms with Crippen LogP contribution in [-0.4, -0.2) is 58.1 Å². The minimum Gasteiger partial charge on any atom is -0.478 e. The Kier molecular flexibility index (Phi) is 9.59. The Morgan fingerprint density at radius 3 is 2.24 bits per heavy atom. The molecule has 9 nitrogen and oxygen atoms in total. The molecule has 1 saturated carbocycles. The maximum atomic E-state index is 13.9. The predicted octanol–water partition coefficient (Wildman–Crippen LogP) is 5.74. The topological polar surface area (TPSA) is 125 Å². The molecule has 226 valence electrons. The summed E-state index contributed by atoms with van der Waals surface area (Å²) >= 11 is 0. The summed E-state index contributed by atoms with van der Waals surface area (Å²) in [5.74, 6) is -1.40. The van der Waals surface area contributed by atoms with E-state index in [1.54, 1.807) is 17.9 Å². The maximum absolute atomic E-state index is 13.9. The van der Waals surface area contributed by atoms with E-state index in [0.717, 1.165) is 18.4 Å². The summed E-state index contributed by atoms with van der Waals surface area (Å²) < 4.78 is 5.40. The molecule has 2 aliphatic rings. The normalized spacial score (nSPS) is 23.1. The fourth-order valence-corrected chi connectivity index (χ4v) is 6.27. The fourth-order valence-electron chi connectivity index (χ4n) is 6.27. The zero-order valence-electron chi connectivity index (χ0n) is 25.2. The molecule has 0 aromatic heterocycles. The highest BCUT2D eigenvalue weighted by molar-refractivity contribution is 5.99. The molecular formula is C33H43N3O6. The third-order valence-electron chi connectivity index (χ3n) is 8.48. The van der Waals surface area contributed by atoms with Crippen molar-refractivity contribution >= 4 is 29.6 Å². The Morgan fingerprint density at radius 1 is 0.976 bits per heavy atom. The smallest absolute Gasteiger partial charge is 0.407 e. The van der Waals surface area contributed by atoms with E-state index in [2.05, 4.69) is 10.6 Å². The van der Waals surface area contributed by atoms with Gasteiger partial charge in [0.2, 0.25) is 11.8 Å². The Bertz CT molecular complexity index is 1300. The highest BCUT2D eigenvalue weighted by Gasteiger charge is 2.45. The van der Waals surface area contributed by atoms with Crippen molar-refractivity contribution in [1.29, 1.82) is 0 Å². The Balaban J connectivity index is 1.46. The van der Waals surface area contributed by atoms with E-state index >= 15 is 0 Å². The second-order valence-electron chi connectivity index (χ2n) is 12.7. The van der Waals surface area contributed by atoms with Gasteiger partial charge in [0.15, 0.2) is 0 Å². The van der Waals surface area contributed by atoms with E-state index in [-0.39, 0.29) is 41.2 Å². The van der Waals surface area contributed by atoms with Crippen molar-refractivity contribution < 1.29 is 29.0 Å². The summed E-state index contributed by atoms with van der Waals surface area (Å²) in [6, 6.07) is 13.7. The third kappa shape index (κ3) is 7.49. The molecule has 2 aromatic carbocycles. The van der Waals surface area contributed by atoms with E-state index in [0.29, 0.717) is 37.1 Å². The standard InChI is InChI=1S/C33H43N3O6/c1-20-19-25(31(39)40)15-16-27(20)35-29(37)28-26(23-9-7-6-8-10-23)17-18-36(28)30(38)24-13-11-22(12-14-24)21(2)34-32(41)42-33(3,4)5/h6-10,15-16,19,21-22,24,26,28H,11-14,17-18H2,1-5H3,(H,34,41)(H,35,37)(H,39,40)/t21?,22-,24-,26-,28-/m0/s1. The van der Waals surface area contributed by atoms with Gasteiger partial charge >= 0.3 is 12.1 Å². The first-order valence-corrected chi connectivity index (χ1v) is 14.8. The van der Waals surface area contributed by atoms with Crippen LogP contribution in [0.4, 0.5) is 10.5 Å². The lowest BCUT2D eigenvalue weighted by atomic mass is 9.78. The fraction of sp³-hybridized carbons (Fsp3) is 0.515. The van der Waals surface area contributed by atoms with Crippen LogP contribution in [-0.2, 0) is 14.3 Å². The molecule has 3 N–H and O–H groups in total. The summed E-state index contributed by atoms with van der Waals surface area (Å²) in [6.07, 6.45) is 3.24. The van der Waals surface area contributed by atoms with Crippen LogP contribution < -0.4 is 10.6 Å². The van der Waals surface area contributed by atoms with Crippen LogP contribution in [0.2, 0.25) is 0 Å². The van der Waals surface area contributed by atoms with Crippen LogP contribution in [0.15, 0.2) is 48.5 Å². The van der Waals surface area contributed by atoms with E-state index in [1.807, 2.05) is 58.0 Å². The molecule has 3 atom stereocenters. The molecule has 3 amide bonds. The number of rotatable bonds is 7. The lowest BCUT2D eigenvalue weighted by Gasteiger charge is -2.35. The van der Waals surface area contributed by atoms with Crippen LogP contribution in [0.1, 0.15) is 87.2 Å². The molecule has 1 aliphatic carbocycles. The molecule has 0 bridgehead atoms. The third-order valence-corrected chi connectivity index (χ3v) is 8.48. The van der Waals surface area contributed by atoms with Crippen LogP contribution >= 0.6 is 0 Å². The predicted molar refractivity (Wildman–Crippen MR) is 160 cm³/mol. The van der Waals surface area contributed by atoms with Crippen LogP contribution in [0.3, 0.4) is 0 Å². The lowest BCUT2D eigenvalue weighted by Crippen LogP contribution is -2.48.